The van der Waals surface area contributed by atoms with Crippen LogP contribution in [0.25, 0.3) is 0 Å². The lowest BCUT2D eigenvalue weighted by Gasteiger charge is -2.27. The van der Waals surface area contributed by atoms with Crippen LogP contribution in [0.2, 0.25) is 0 Å². The molecule has 1 amide bonds. The third kappa shape index (κ3) is 5.31. The van der Waals surface area contributed by atoms with E-state index >= 15 is 0 Å². The van der Waals surface area contributed by atoms with E-state index in [1.165, 1.54) is 12.8 Å². The molecule has 0 bridgehead atoms. The minimum absolute atomic E-state index is 0.102. The molecule has 1 saturated heterocycles. The van der Waals surface area contributed by atoms with E-state index in [0.717, 1.165) is 31.1 Å². The molecule has 1 aromatic carbocycles. The fourth-order valence-electron chi connectivity index (χ4n) is 2.67. The fraction of sp³-hybridized carbons (Fsp3) is 0.562. The molecule has 1 heterocycles. The minimum Gasteiger partial charge on any atom is -0.351 e. The van der Waals surface area contributed by atoms with Crippen molar-refractivity contribution in [3.05, 3.63) is 35.9 Å². The molecule has 0 aliphatic carbocycles. The number of nitrogens with zero attached hydrogens (tertiary/aromatic N) is 1. The van der Waals surface area contributed by atoms with Gasteiger partial charge in [-0.25, -0.2) is 0 Å². The Kier molecular flexibility index (Phi) is 6.02. The summed E-state index contributed by atoms with van der Waals surface area (Å²) in [6, 6.07) is 10.0. The number of hydrogen-bond donors (Lipinski definition) is 2. The highest BCUT2D eigenvalue weighted by molar-refractivity contribution is 5.77. The molecular formula is C16H25N3O. The van der Waals surface area contributed by atoms with Crippen molar-refractivity contribution in [1.82, 2.24) is 15.5 Å². The number of carbonyl (C=O) groups excluding carboxylic acids is 1. The van der Waals surface area contributed by atoms with Crippen molar-refractivity contribution in [3.63, 3.8) is 0 Å². The number of nitrogens with one attached hydrogen (secondary N) is 2. The number of hydrogen-bond acceptors (Lipinski definition) is 3. The third-order valence-corrected chi connectivity index (χ3v) is 3.77. The van der Waals surface area contributed by atoms with Crippen LogP contribution in [0.15, 0.2) is 30.3 Å². The summed E-state index contributed by atoms with van der Waals surface area (Å²) < 4.78 is 0. The molecule has 0 radical (unpaired) electrons. The molecule has 0 saturated carbocycles. The molecule has 1 aromatic rings. The van der Waals surface area contributed by atoms with E-state index in [1.54, 1.807) is 0 Å². The molecule has 20 heavy (non-hydrogen) atoms. The lowest BCUT2D eigenvalue weighted by molar-refractivity contribution is -0.122. The zero-order valence-corrected chi connectivity index (χ0v) is 12.3. The number of rotatable bonds is 6. The van der Waals surface area contributed by atoms with Crippen molar-refractivity contribution < 1.29 is 4.79 Å². The Morgan fingerprint density at radius 3 is 2.70 bits per heavy atom. The maximum atomic E-state index is 11.9. The first-order chi connectivity index (χ1) is 9.74. The number of piperidine rings is 1. The monoisotopic (exact) mass is 275 g/mol. The Morgan fingerprint density at radius 2 is 2.00 bits per heavy atom. The van der Waals surface area contributed by atoms with E-state index < -0.39 is 0 Å². The van der Waals surface area contributed by atoms with Crippen LogP contribution in [0.4, 0.5) is 0 Å². The average molecular weight is 275 g/mol. The molecule has 0 aromatic heterocycles. The maximum Gasteiger partial charge on any atom is 0.234 e. The van der Waals surface area contributed by atoms with Gasteiger partial charge >= 0.3 is 0 Å². The van der Waals surface area contributed by atoms with Gasteiger partial charge < -0.3 is 10.6 Å². The SMILES string of the molecule is CN(CC(=O)NCc1ccccc1)CC1CCNCC1. The molecule has 4 nitrogen and oxygen atoms in total. The highest BCUT2D eigenvalue weighted by Gasteiger charge is 2.16. The smallest absolute Gasteiger partial charge is 0.234 e. The molecule has 0 unspecified atom stereocenters. The van der Waals surface area contributed by atoms with E-state index in [9.17, 15) is 4.79 Å². The van der Waals surface area contributed by atoms with Crippen molar-refractivity contribution in [1.29, 1.82) is 0 Å². The van der Waals surface area contributed by atoms with Crippen LogP contribution in [0.5, 0.6) is 0 Å². The second-order valence-corrected chi connectivity index (χ2v) is 5.65. The molecule has 110 valence electrons. The van der Waals surface area contributed by atoms with Gasteiger partial charge in [-0.15, -0.1) is 0 Å². The maximum absolute atomic E-state index is 11.9. The van der Waals surface area contributed by atoms with Crippen LogP contribution < -0.4 is 10.6 Å². The van der Waals surface area contributed by atoms with Crippen LogP contribution in [0.3, 0.4) is 0 Å². The van der Waals surface area contributed by atoms with Gasteiger partial charge in [0.2, 0.25) is 5.91 Å². The number of carbonyl (C=O) groups is 1. The van der Waals surface area contributed by atoms with Crippen LogP contribution in [-0.4, -0.2) is 44.0 Å². The van der Waals surface area contributed by atoms with Crippen molar-refractivity contribution in [2.24, 2.45) is 5.92 Å². The molecule has 0 atom stereocenters. The first-order valence-corrected chi connectivity index (χ1v) is 7.44. The van der Waals surface area contributed by atoms with Gasteiger partial charge in [-0.1, -0.05) is 30.3 Å². The second kappa shape index (κ2) is 8.02. The van der Waals surface area contributed by atoms with Gasteiger partial charge in [0.05, 0.1) is 6.54 Å². The zero-order valence-electron chi connectivity index (χ0n) is 12.3. The summed E-state index contributed by atoms with van der Waals surface area (Å²) >= 11 is 0. The lowest BCUT2D eigenvalue weighted by Crippen LogP contribution is -2.39. The van der Waals surface area contributed by atoms with Gasteiger partial charge in [-0.3, -0.25) is 9.69 Å². The summed E-state index contributed by atoms with van der Waals surface area (Å²) in [6.45, 7) is 4.33. The van der Waals surface area contributed by atoms with Crippen LogP contribution in [0.1, 0.15) is 18.4 Å². The van der Waals surface area contributed by atoms with Gasteiger partial charge in [-0.2, -0.15) is 0 Å². The standard InChI is InChI=1S/C16H25N3O/c1-19(12-15-7-9-17-10-8-15)13-16(20)18-11-14-5-3-2-4-6-14/h2-6,15,17H,7-13H2,1H3,(H,18,20). The first kappa shape index (κ1) is 15.0. The molecule has 1 aliphatic heterocycles. The van der Waals surface area contributed by atoms with Gasteiger partial charge in [0.1, 0.15) is 0 Å². The molecule has 1 aliphatic rings. The van der Waals surface area contributed by atoms with Crippen molar-refractivity contribution in [2.45, 2.75) is 19.4 Å². The Hall–Kier alpha value is -1.39. The number of benzene rings is 1. The summed E-state index contributed by atoms with van der Waals surface area (Å²) in [7, 11) is 2.03. The topological polar surface area (TPSA) is 44.4 Å². The Bertz CT molecular complexity index is 401. The quantitative estimate of drug-likeness (QED) is 0.821. The summed E-state index contributed by atoms with van der Waals surface area (Å²) in [5.41, 5.74) is 1.14. The Labute approximate surface area is 121 Å². The number of likely N-dealkylation sites (N-methyl/N-ethyl adjacent to an activating group) is 1. The molecule has 4 heteroatoms. The van der Waals surface area contributed by atoms with Crippen molar-refractivity contribution >= 4 is 5.91 Å². The fourth-order valence-corrected chi connectivity index (χ4v) is 2.67. The van der Waals surface area contributed by atoms with E-state index in [0.29, 0.717) is 13.1 Å². The zero-order chi connectivity index (χ0) is 14.2. The van der Waals surface area contributed by atoms with Crippen LogP contribution >= 0.6 is 0 Å². The Morgan fingerprint density at radius 1 is 1.30 bits per heavy atom. The van der Waals surface area contributed by atoms with Crippen molar-refractivity contribution in [3.8, 4) is 0 Å². The lowest BCUT2D eigenvalue weighted by atomic mass is 9.98. The van der Waals surface area contributed by atoms with Gasteiger partial charge in [0, 0.05) is 13.1 Å². The minimum atomic E-state index is 0.102. The summed E-state index contributed by atoms with van der Waals surface area (Å²) in [4.78, 5) is 14.0. The Balaban J connectivity index is 1.65. The predicted molar refractivity (Wildman–Crippen MR) is 81.4 cm³/mol. The normalized spacial score (nSPS) is 16.3. The van der Waals surface area contributed by atoms with Gasteiger partial charge in [0.15, 0.2) is 0 Å². The van der Waals surface area contributed by atoms with Crippen LogP contribution in [-0.2, 0) is 11.3 Å². The second-order valence-electron chi connectivity index (χ2n) is 5.65. The van der Waals surface area contributed by atoms with E-state index in [4.69, 9.17) is 0 Å². The van der Waals surface area contributed by atoms with E-state index in [2.05, 4.69) is 15.5 Å². The number of amides is 1. The first-order valence-electron chi connectivity index (χ1n) is 7.44. The largest absolute Gasteiger partial charge is 0.351 e. The molecule has 1 fully saturated rings. The average Bonchev–Trinajstić information content (AvgIpc) is 2.47. The van der Waals surface area contributed by atoms with Crippen molar-refractivity contribution in [2.75, 3.05) is 33.2 Å². The van der Waals surface area contributed by atoms with E-state index in [1.807, 2.05) is 37.4 Å². The molecule has 2 rings (SSSR count). The molecular weight excluding hydrogens is 250 g/mol. The molecule has 2 N–H and O–H groups in total. The highest BCUT2D eigenvalue weighted by atomic mass is 16.2. The van der Waals surface area contributed by atoms with E-state index in [-0.39, 0.29) is 5.91 Å². The molecule has 0 spiro atoms. The summed E-state index contributed by atoms with van der Waals surface area (Å²) in [6.07, 6.45) is 2.44. The summed E-state index contributed by atoms with van der Waals surface area (Å²) in [5.74, 6) is 0.827. The van der Waals surface area contributed by atoms with Crippen LogP contribution in [0, 0.1) is 5.92 Å². The van der Waals surface area contributed by atoms with Gasteiger partial charge in [-0.05, 0) is 44.5 Å². The third-order valence-electron chi connectivity index (χ3n) is 3.77. The highest BCUT2D eigenvalue weighted by Crippen LogP contribution is 2.12. The summed E-state index contributed by atoms with van der Waals surface area (Å²) in [5, 5.41) is 6.34. The van der Waals surface area contributed by atoms with Gasteiger partial charge in [0.25, 0.3) is 0 Å². The predicted octanol–water partition coefficient (Wildman–Crippen LogP) is 1.23.